The summed E-state index contributed by atoms with van der Waals surface area (Å²) in [6.07, 6.45) is 5.89. The number of carbonyl (C=O) groups is 2. The van der Waals surface area contributed by atoms with Gasteiger partial charge in [0.2, 0.25) is 5.91 Å². The van der Waals surface area contributed by atoms with Crippen LogP contribution in [0.5, 0.6) is 0 Å². The Bertz CT molecular complexity index is 583. The highest BCUT2D eigenvalue weighted by atomic mass is 16.2. The molecule has 1 N–H and O–H groups in total. The lowest BCUT2D eigenvalue weighted by Gasteiger charge is -2.31. The zero-order valence-corrected chi connectivity index (χ0v) is 14.3. The Kier molecular flexibility index (Phi) is 5.33. The summed E-state index contributed by atoms with van der Waals surface area (Å²) in [4.78, 5) is 32.9. The van der Waals surface area contributed by atoms with Crippen LogP contribution in [0, 0.1) is 5.92 Å². The largest absolute Gasteiger partial charge is 0.355 e. The average Bonchev–Trinajstić information content (AvgIpc) is 2.79. The summed E-state index contributed by atoms with van der Waals surface area (Å²) in [6, 6.07) is 3.71. The second-order valence-corrected chi connectivity index (χ2v) is 6.56. The van der Waals surface area contributed by atoms with Crippen LogP contribution in [0.2, 0.25) is 0 Å². The topological polar surface area (TPSA) is 65.5 Å². The minimum Gasteiger partial charge on any atom is -0.355 e. The van der Waals surface area contributed by atoms with Gasteiger partial charge in [-0.25, -0.2) is 4.98 Å². The third kappa shape index (κ3) is 3.68. The average molecular weight is 330 g/mol. The maximum absolute atomic E-state index is 12.4. The van der Waals surface area contributed by atoms with Crippen LogP contribution in [0.4, 0.5) is 5.82 Å². The van der Waals surface area contributed by atoms with Crippen molar-refractivity contribution >= 4 is 17.6 Å². The number of rotatable bonds is 4. The maximum atomic E-state index is 12.4. The summed E-state index contributed by atoms with van der Waals surface area (Å²) >= 11 is 0. The Morgan fingerprint density at radius 2 is 2.00 bits per heavy atom. The summed E-state index contributed by atoms with van der Waals surface area (Å²) in [7, 11) is 0. The number of anilines is 1. The minimum atomic E-state index is -0.0929. The first-order valence-electron chi connectivity index (χ1n) is 8.97. The molecule has 6 nitrogen and oxygen atoms in total. The standard InChI is InChI=1S/C18H26N4O2/c1-2-19-17(23)15-7-8-16(20-13-15)21-9-4-10-22(12-11-21)18(24)14-5-3-6-14/h7-8,13-14H,2-6,9-12H2,1H3,(H,19,23). The summed E-state index contributed by atoms with van der Waals surface area (Å²) < 4.78 is 0. The fourth-order valence-electron chi connectivity index (χ4n) is 3.25. The molecule has 24 heavy (non-hydrogen) atoms. The minimum absolute atomic E-state index is 0.0929. The van der Waals surface area contributed by atoms with Gasteiger partial charge in [-0.1, -0.05) is 6.42 Å². The SMILES string of the molecule is CCNC(=O)c1ccc(N2CCCN(C(=O)C3CCC3)CC2)nc1. The Balaban J connectivity index is 1.59. The van der Waals surface area contributed by atoms with E-state index >= 15 is 0 Å². The lowest BCUT2D eigenvalue weighted by Crippen LogP contribution is -2.41. The highest BCUT2D eigenvalue weighted by molar-refractivity contribution is 5.94. The van der Waals surface area contributed by atoms with E-state index in [0.29, 0.717) is 18.0 Å². The lowest BCUT2D eigenvalue weighted by molar-refractivity contribution is -0.137. The highest BCUT2D eigenvalue weighted by Crippen LogP contribution is 2.28. The summed E-state index contributed by atoms with van der Waals surface area (Å²) in [5, 5.41) is 2.77. The van der Waals surface area contributed by atoms with Crippen molar-refractivity contribution in [2.24, 2.45) is 5.92 Å². The monoisotopic (exact) mass is 330 g/mol. The first-order valence-corrected chi connectivity index (χ1v) is 8.97. The van der Waals surface area contributed by atoms with Gasteiger partial charge >= 0.3 is 0 Å². The number of amides is 2. The number of carbonyl (C=O) groups excluding carboxylic acids is 2. The van der Waals surface area contributed by atoms with Crippen molar-refractivity contribution in [2.45, 2.75) is 32.6 Å². The van der Waals surface area contributed by atoms with Gasteiger partial charge in [-0.2, -0.15) is 0 Å². The van der Waals surface area contributed by atoms with Crippen molar-refractivity contribution in [1.82, 2.24) is 15.2 Å². The Morgan fingerprint density at radius 3 is 2.62 bits per heavy atom. The van der Waals surface area contributed by atoms with E-state index in [1.807, 2.05) is 24.0 Å². The van der Waals surface area contributed by atoms with Gasteiger partial charge in [0, 0.05) is 44.8 Å². The van der Waals surface area contributed by atoms with Gasteiger partial charge in [0.25, 0.3) is 5.91 Å². The number of pyridine rings is 1. The van der Waals surface area contributed by atoms with Gasteiger partial charge < -0.3 is 15.1 Å². The Labute approximate surface area is 143 Å². The first kappa shape index (κ1) is 16.7. The molecule has 0 unspecified atom stereocenters. The quantitative estimate of drug-likeness (QED) is 0.912. The zero-order valence-electron chi connectivity index (χ0n) is 14.3. The van der Waals surface area contributed by atoms with Gasteiger partial charge in [-0.15, -0.1) is 0 Å². The van der Waals surface area contributed by atoms with Crippen molar-refractivity contribution in [2.75, 3.05) is 37.6 Å². The molecule has 0 atom stereocenters. The van der Waals surface area contributed by atoms with Crippen LogP contribution in [0.1, 0.15) is 43.0 Å². The van der Waals surface area contributed by atoms with Gasteiger partial charge in [-0.3, -0.25) is 9.59 Å². The number of nitrogens with one attached hydrogen (secondary N) is 1. The molecule has 6 heteroatoms. The normalized spacial score (nSPS) is 18.7. The number of hydrogen-bond acceptors (Lipinski definition) is 4. The molecule has 2 amide bonds. The van der Waals surface area contributed by atoms with E-state index in [4.69, 9.17) is 0 Å². The van der Waals surface area contributed by atoms with Gasteiger partial charge in [0.05, 0.1) is 5.56 Å². The van der Waals surface area contributed by atoms with Crippen LogP contribution >= 0.6 is 0 Å². The molecule has 1 aromatic rings. The van der Waals surface area contributed by atoms with Crippen molar-refractivity contribution in [1.29, 1.82) is 0 Å². The van der Waals surface area contributed by atoms with Crippen LogP contribution in [0.3, 0.4) is 0 Å². The van der Waals surface area contributed by atoms with Gasteiger partial charge in [-0.05, 0) is 38.3 Å². The van der Waals surface area contributed by atoms with Crippen LogP contribution in [0.25, 0.3) is 0 Å². The molecule has 2 heterocycles. The molecule has 2 aliphatic rings. The lowest BCUT2D eigenvalue weighted by atomic mass is 9.84. The number of aromatic nitrogens is 1. The van der Waals surface area contributed by atoms with Crippen LogP contribution in [-0.4, -0.2) is 54.4 Å². The third-order valence-electron chi connectivity index (χ3n) is 4.93. The summed E-state index contributed by atoms with van der Waals surface area (Å²) in [6.45, 7) is 5.79. The second-order valence-electron chi connectivity index (χ2n) is 6.56. The van der Waals surface area contributed by atoms with Crippen molar-refractivity contribution in [3.05, 3.63) is 23.9 Å². The molecule has 0 bridgehead atoms. The third-order valence-corrected chi connectivity index (χ3v) is 4.93. The molecule has 130 valence electrons. The number of nitrogens with zero attached hydrogens (tertiary/aromatic N) is 3. The molecule has 1 aliphatic carbocycles. The first-order chi connectivity index (χ1) is 11.7. The van der Waals surface area contributed by atoms with Crippen molar-refractivity contribution < 1.29 is 9.59 Å². The molecule has 0 radical (unpaired) electrons. The van der Waals surface area contributed by atoms with E-state index in [1.54, 1.807) is 6.20 Å². The predicted octanol–water partition coefficient (Wildman–Crippen LogP) is 1.67. The van der Waals surface area contributed by atoms with E-state index in [1.165, 1.54) is 6.42 Å². The fraction of sp³-hybridized carbons (Fsp3) is 0.611. The molecule has 1 saturated heterocycles. The van der Waals surface area contributed by atoms with E-state index in [0.717, 1.165) is 51.3 Å². The van der Waals surface area contributed by atoms with E-state index in [2.05, 4.69) is 15.2 Å². The van der Waals surface area contributed by atoms with Gasteiger partial charge in [0.15, 0.2) is 0 Å². The highest BCUT2D eigenvalue weighted by Gasteiger charge is 2.30. The van der Waals surface area contributed by atoms with Crippen LogP contribution in [0.15, 0.2) is 18.3 Å². The summed E-state index contributed by atoms with van der Waals surface area (Å²) in [5.41, 5.74) is 0.581. The van der Waals surface area contributed by atoms with E-state index in [9.17, 15) is 9.59 Å². The molecule has 2 fully saturated rings. The molecular weight excluding hydrogens is 304 g/mol. The molecule has 3 rings (SSSR count). The molecule has 1 aromatic heterocycles. The Hall–Kier alpha value is -2.11. The van der Waals surface area contributed by atoms with Gasteiger partial charge in [0.1, 0.15) is 5.82 Å². The Morgan fingerprint density at radius 1 is 1.17 bits per heavy atom. The molecule has 1 aliphatic heterocycles. The second kappa shape index (κ2) is 7.64. The number of hydrogen-bond donors (Lipinski definition) is 1. The van der Waals surface area contributed by atoms with Crippen molar-refractivity contribution in [3.8, 4) is 0 Å². The molecule has 1 saturated carbocycles. The maximum Gasteiger partial charge on any atom is 0.252 e. The van der Waals surface area contributed by atoms with E-state index < -0.39 is 0 Å². The van der Waals surface area contributed by atoms with Crippen LogP contribution < -0.4 is 10.2 Å². The molecule has 0 aromatic carbocycles. The zero-order chi connectivity index (χ0) is 16.9. The van der Waals surface area contributed by atoms with E-state index in [-0.39, 0.29) is 11.8 Å². The molecular formula is C18H26N4O2. The fourth-order valence-corrected chi connectivity index (χ4v) is 3.25. The van der Waals surface area contributed by atoms with Crippen LogP contribution in [-0.2, 0) is 4.79 Å². The summed E-state index contributed by atoms with van der Waals surface area (Å²) in [5.74, 6) is 1.39. The smallest absolute Gasteiger partial charge is 0.252 e. The molecule has 0 spiro atoms. The van der Waals surface area contributed by atoms with Crippen molar-refractivity contribution in [3.63, 3.8) is 0 Å². The predicted molar refractivity (Wildman–Crippen MR) is 93.0 cm³/mol.